The molecule has 0 N–H and O–H groups in total. The van der Waals surface area contributed by atoms with Crippen LogP contribution in [0.25, 0.3) is 64.6 Å². The molecule has 8 rings (SSSR count). The van der Waals surface area contributed by atoms with E-state index in [1.54, 1.807) is 0 Å². The highest BCUT2D eigenvalue weighted by Crippen LogP contribution is 2.33. The predicted octanol–water partition coefficient (Wildman–Crippen LogP) is 10.6. The number of fused-ring (bicyclic) bond motifs is 6. The van der Waals surface area contributed by atoms with Crippen molar-refractivity contribution in [3.05, 3.63) is 137 Å². The van der Waals surface area contributed by atoms with Gasteiger partial charge in [-0.05, 0) is 92.3 Å². The van der Waals surface area contributed by atoms with Crippen LogP contribution in [0.15, 0.2) is 104 Å². The molecule has 0 amide bonds. The monoisotopic (exact) mass is 740 g/mol. The fraction of sp³-hybridized carbons (Fsp3) is 0.320. The lowest BCUT2D eigenvalue weighted by atomic mass is 9.93. The smallest absolute Gasteiger partial charge is 0.261 e. The molecule has 56 heavy (non-hydrogen) atoms. The Morgan fingerprint density at radius 2 is 0.732 bits per heavy atom. The SMILES string of the molecule is CCCCCCCCn1c(=O)c2cc3cc4cc5c(=O)n(CCCCCCCC)c(=O)c5cc4c(C#Cc4c5ccccc5cc5ccccc45)c3cc2c1=O. The topological polar surface area (TPSA) is 78.1 Å². The van der Waals surface area contributed by atoms with Crippen LogP contribution >= 0.6 is 0 Å². The summed E-state index contributed by atoms with van der Waals surface area (Å²) in [5, 5.41) is 8.74. The van der Waals surface area contributed by atoms with Gasteiger partial charge in [-0.2, -0.15) is 0 Å². The Morgan fingerprint density at radius 1 is 0.375 bits per heavy atom. The zero-order valence-corrected chi connectivity index (χ0v) is 32.5. The van der Waals surface area contributed by atoms with E-state index < -0.39 is 0 Å². The van der Waals surface area contributed by atoms with E-state index in [1.165, 1.54) is 34.8 Å². The molecule has 6 nitrogen and oxygen atoms in total. The molecule has 6 aromatic carbocycles. The molecule has 0 atom stereocenters. The molecule has 0 saturated carbocycles. The van der Waals surface area contributed by atoms with Gasteiger partial charge in [0.1, 0.15) is 0 Å². The van der Waals surface area contributed by atoms with Gasteiger partial charge in [0.25, 0.3) is 22.2 Å². The van der Waals surface area contributed by atoms with E-state index in [2.05, 4.69) is 56.0 Å². The summed E-state index contributed by atoms with van der Waals surface area (Å²) in [4.78, 5) is 55.2. The second kappa shape index (κ2) is 16.1. The van der Waals surface area contributed by atoms with Crippen LogP contribution in [0.1, 0.15) is 102 Å². The normalized spacial score (nSPS) is 11.8. The average Bonchev–Trinajstić information content (AvgIpc) is 3.58. The van der Waals surface area contributed by atoms with Crippen molar-refractivity contribution in [1.29, 1.82) is 0 Å². The van der Waals surface area contributed by atoms with E-state index in [4.69, 9.17) is 0 Å². The molecule has 2 heterocycles. The first-order chi connectivity index (χ1) is 27.4. The summed E-state index contributed by atoms with van der Waals surface area (Å²) in [5.41, 5.74) is 0.452. The number of unbranched alkanes of at least 4 members (excludes halogenated alkanes) is 10. The number of benzene rings is 6. The molecule has 0 aliphatic carbocycles. The summed E-state index contributed by atoms with van der Waals surface area (Å²) in [6.07, 6.45) is 12.7. The minimum absolute atomic E-state index is 0.268. The molecular weight excluding hydrogens is 693 g/mol. The molecule has 0 saturated heterocycles. The highest BCUT2D eigenvalue weighted by Gasteiger charge is 2.19. The third-order valence-electron chi connectivity index (χ3n) is 11.7. The second-order valence-corrected chi connectivity index (χ2v) is 15.5. The third kappa shape index (κ3) is 6.85. The Morgan fingerprint density at radius 3 is 1.18 bits per heavy atom. The standard InChI is InChI=1S/C50H48N2O4/c1-3-5-7-9-11-17-25-51-47(53)43-29-35-28-36-30-44-46(50(56)52(48(44)54)26-18-12-10-8-6-4-2)32-42(36)40(41(35)31-45(43)49(51)55)24-23-39-37-21-15-13-19-33(37)27-34-20-14-16-22-38(34)39/h13-16,19-22,27-32H,3-12,17-18,25-26H2,1-2H3. The van der Waals surface area contributed by atoms with E-state index in [-0.39, 0.29) is 22.2 Å². The van der Waals surface area contributed by atoms with Crippen molar-refractivity contribution in [2.24, 2.45) is 0 Å². The largest absolute Gasteiger partial charge is 0.274 e. The number of rotatable bonds is 14. The first-order valence-electron chi connectivity index (χ1n) is 20.6. The minimum Gasteiger partial charge on any atom is -0.274 e. The summed E-state index contributed by atoms with van der Waals surface area (Å²) in [6, 6.07) is 27.8. The van der Waals surface area contributed by atoms with Gasteiger partial charge in [0, 0.05) is 24.2 Å². The van der Waals surface area contributed by atoms with Gasteiger partial charge in [0.15, 0.2) is 0 Å². The Balaban J connectivity index is 1.32. The molecule has 2 aromatic heterocycles. The third-order valence-corrected chi connectivity index (χ3v) is 11.7. The zero-order chi connectivity index (χ0) is 38.8. The highest BCUT2D eigenvalue weighted by molar-refractivity contribution is 6.13. The van der Waals surface area contributed by atoms with Crippen LogP contribution < -0.4 is 22.2 Å². The number of hydrogen-bond acceptors (Lipinski definition) is 4. The molecule has 0 radical (unpaired) electrons. The minimum atomic E-state index is -0.278. The Kier molecular flexibility index (Phi) is 10.7. The predicted molar refractivity (Wildman–Crippen MR) is 234 cm³/mol. The molecule has 0 aliphatic rings. The Bertz CT molecular complexity index is 2860. The van der Waals surface area contributed by atoms with Gasteiger partial charge in [-0.1, -0.05) is 138 Å². The first-order valence-corrected chi connectivity index (χ1v) is 20.6. The lowest BCUT2D eigenvalue weighted by molar-refractivity contribution is 0.547. The van der Waals surface area contributed by atoms with Gasteiger partial charge in [-0.15, -0.1) is 0 Å². The van der Waals surface area contributed by atoms with Crippen LogP contribution in [0.5, 0.6) is 0 Å². The molecule has 8 aromatic rings. The Hall–Kier alpha value is -5.80. The number of hydrogen-bond donors (Lipinski definition) is 0. The summed E-state index contributed by atoms with van der Waals surface area (Å²) < 4.78 is 2.78. The van der Waals surface area contributed by atoms with Crippen molar-refractivity contribution >= 4 is 64.6 Å². The lowest BCUT2D eigenvalue weighted by Crippen LogP contribution is -2.25. The fourth-order valence-electron chi connectivity index (χ4n) is 8.61. The van der Waals surface area contributed by atoms with E-state index in [9.17, 15) is 19.2 Å². The number of aromatic nitrogens is 2. The van der Waals surface area contributed by atoms with E-state index in [0.717, 1.165) is 100 Å². The summed E-state index contributed by atoms with van der Waals surface area (Å²) in [6.45, 7) is 5.16. The molecule has 0 aliphatic heterocycles. The van der Waals surface area contributed by atoms with Crippen LogP contribution in [-0.4, -0.2) is 9.13 Å². The summed E-state index contributed by atoms with van der Waals surface area (Å²) >= 11 is 0. The zero-order valence-electron chi connectivity index (χ0n) is 32.5. The molecule has 0 unspecified atom stereocenters. The van der Waals surface area contributed by atoms with Gasteiger partial charge in [0.2, 0.25) is 0 Å². The van der Waals surface area contributed by atoms with Crippen LogP contribution in [0.4, 0.5) is 0 Å². The molecule has 6 heteroatoms. The van der Waals surface area contributed by atoms with Crippen molar-refractivity contribution in [2.45, 2.75) is 104 Å². The van der Waals surface area contributed by atoms with Crippen LogP contribution in [0.3, 0.4) is 0 Å². The van der Waals surface area contributed by atoms with Crippen molar-refractivity contribution in [3.63, 3.8) is 0 Å². The van der Waals surface area contributed by atoms with Crippen molar-refractivity contribution in [1.82, 2.24) is 9.13 Å². The fourth-order valence-corrected chi connectivity index (χ4v) is 8.61. The summed E-state index contributed by atoms with van der Waals surface area (Å²) in [7, 11) is 0. The molecule has 0 fully saturated rings. The maximum atomic E-state index is 13.9. The first kappa shape index (κ1) is 37.1. The van der Waals surface area contributed by atoms with E-state index >= 15 is 0 Å². The van der Waals surface area contributed by atoms with Crippen molar-refractivity contribution in [2.75, 3.05) is 0 Å². The van der Waals surface area contributed by atoms with Gasteiger partial charge in [-0.3, -0.25) is 28.3 Å². The van der Waals surface area contributed by atoms with Gasteiger partial charge in [-0.25, -0.2) is 0 Å². The van der Waals surface area contributed by atoms with Crippen LogP contribution in [-0.2, 0) is 13.1 Å². The van der Waals surface area contributed by atoms with E-state index in [1.807, 2.05) is 54.6 Å². The summed E-state index contributed by atoms with van der Waals surface area (Å²) in [5.74, 6) is 7.08. The van der Waals surface area contributed by atoms with Gasteiger partial charge < -0.3 is 0 Å². The number of nitrogens with zero attached hydrogens (tertiary/aromatic N) is 2. The van der Waals surface area contributed by atoms with Crippen molar-refractivity contribution in [3.8, 4) is 11.8 Å². The molecular formula is C50H48N2O4. The quantitative estimate of drug-likeness (QED) is 0.0632. The maximum absolute atomic E-state index is 13.9. The lowest BCUT2D eigenvalue weighted by Gasteiger charge is -2.09. The van der Waals surface area contributed by atoms with Crippen molar-refractivity contribution < 1.29 is 0 Å². The van der Waals surface area contributed by atoms with Gasteiger partial charge >= 0.3 is 0 Å². The Labute approximate surface area is 326 Å². The van der Waals surface area contributed by atoms with Crippen LogP contribution in [0.2, 0.25) is 0 Å². The second-order valence-electron chi connectivity index (χ2n) is 15.5. The van der Waals surface area contributed by atoms with Gasteiger partial charge in [0.05, 0.1) is 21.5 Å². The molecule has 0 spiro atoms. The molecule has 282 valence electrons. The average molecular weight is 741 g/mol. The maximum Gasteiger partial charge on any atom is 0.261 e. The van der Waals surface area contributed by atoms with Crippen LogP contribution in [0, 0.1) is 11.8 Å². The highest BCUT2D eigenvalue weighted by atomic mass is 16.2. The van der Waals surface area contributed by atoms with E-state index in [0.29, 0.717) is 40.2 Å². The molecule has 0 bridgehead atoms.